The van der Waals surface area contributed by atoms with Crippen molar-refractivity contribution in [3.8, 4) is 11.5 Å². The summed E-state index contributed by atoms with van der Waals surface area (Å²) < 4.78 is 13.3. The van der Waals surface area contributed by atoms with Crippen LogP contribution in [0.15, 0.2) is 63.5 Å². The van der Waals surface area contributed by atoms with Gasteiger partial charge in [0.05, 0.1) is 16.6 Å². The number of halogens is 3. The second kappa shape index (κ2) is 9.68. The number of hydrogen-bond donors (Lipinski definition) is 1. The Morgan fingerprint density at radius 2 is 1.68 bits per heavy atom. The van der Waals surface area contributed by atoms with Gasteiger partial charge in [0.2, 0.25) is 0 Å². The third-order valence-electron chi connectivity index (χ3n) is 4.21. The standard InChI is InChI=1S/C22H20Br2ClNO2/c1-14-3-5-15(6-4-14)13-28-22-19(24)9-16(10-21(22)27-2)12-26-17-7-8-18(23)20(25)11-17/h3-11,26H,12-13H2,1-2H3. The lowest BCUT2D eigenvalue weighted by Gasteiger charge is -2.15. The Kier molecular flexibility index (Phi) is 7.27. The van der Waals surface area contributed by atoms with Crippen molar-refractivity contribution in [2.45, 2.75) is 20.1 Å². The Bertz CT molecular complexity index is 961. The SMILES string of the molecule is COc1cc(CNc2ccc(Br)c(Cl)c2)cc(Br)c1OCc1ccc(C)cc1. The van der Waals surface area contributed by atoms with Gasteiger partial charge in [-0.3, -0.25) is 0 Å². The highest BCUT2D eigenvalue weighted by atomic mass is 79.9. The van der Waals surface area contributed by atoms with Crippen molar-refractivity contribution in [3.63, 3.8) is 0 Å². The second-order valence-electron chi connectivity index (χ2n) is 6.37. The minimum absolute atomic E-state index is 0.476. The first-order valence-electron chi connectivity index (χ1n) is 8.70. The molecule has 0 bridgehead atoms. The Morgan fingerprint density at radius 3 is 2.36 bits per heavy atom. The fraction of sp³-hybridized carbons (Fsp3) is 0.182. The lowest BCUT2D eigenvalue weighted by Crippen LogP contribution is -2.03. The van der Waals surface area contributed by atoms with Crippen LogP contribution in [0.5, 0.6) is 11.5 Å². The number of methoxy groups -OCH3 is 1. The summed E-state index contributed by atoms with van der Waals surface area (Å²) in [5.74, 6) is 1.38. The molecule has 146 valence electrons. The molecule has 3 rings (SSSR count). The number of aryl methyl sites for hydroxylation is 1. The molecule has 0 saturated carbocycles. The summed E-state index contributed by atoms with van der Waals surface area (Å²) in [6, 6.07) is 18.1. The van der Waals surface area contributed by atoms with E-state index in [4.69, 9.17) is 21.1 Å². The van der Waals surface area contributed by atoms with Crippen molar-refractivity contribution in [2.75, 3.05) is 12.4 Å². The average Bonchev–Trinajstić information content (AvgIpc) is 2.69. The molecule has 3 nitrogen and oxygen atoms in total. The molecule has 0 radical (unpaired) electrons. The molecule has 6 heteroatoms. The molecule has 0 atom stereocenters. The maximum absolute atomic E-state index is 6.15. The van der Waals surface area contributed by atoms with Crippen molar-refractivity contribution in [1.29, 1.82) is 0 Å². The molecule has 1 N–H and O–H groups in total. The molecule has 0 aliphatic heterocycles. The van der Waals surface area contributed by atoms with E-state index in [1.54, 1.807) is 7.11 Å². The van der Waals surface area contributed by atoms with Crippen LogP contribution in [0.4, 0.5) is 5.69 Å². The van der Waals surface area contributed by atoms with Gasteiger partial charge in [-0.25, -0.2) is 0 Å². The molecule has 28 heavy (non-hydrogen) atoms. The van der Waals surface area contributed by atoms with E-state index in [1.807, 2.05) is 30.3 Å². The fourth-order valence-electron chi connectivity index (χ4n) is 2.67. The van der Waals surface area contributed by atoms with Crippen LogP contribution in [-0.2, 0) is 13.2 Å². The fourth-order valence-corrected chi connectivity index (χ4v) is 3.70. The monoisotopic (exact) mass is 523 g/mol. The minimum Gasteiger partial charge on any atom is -0.493 e. The molecule has 0 unspecified atom stereocenters. The summed E-state index contributed by atoms with van der Waals surface area (Å²) in [6.45, 7) is 3.18. The van der Waals surface area contributed by atoms with Crippen LogP contribution < -0.4 is 14.8 Å². The molecule has 0 aromatic heterocycles. The van der Waals surface area contributed by atoms with Gasteiger partial charge in [0.1, 0.15) is 6.61 Å². The van der Waals surface area contributed by atoms with E-state index in [9.17, 15) is 0 Å². The Labute approximate surface area is 187 Å². The highest BCUT2D eigenvalue weighted by Gasteiger charge is 2.12. The first-order valence-corrected chi connectivity index (χ1v) is 10.7. The van der Waals surface area contributed by atoms with Gasteiger partial charge in [-0.05, 0) is 80.2 Å². The van der Waals surface area contributed by atoms with Crippen molar-refractivity contribution < 1.29 is 9.47 Å². The van der Waals surface area contributed by atoms with E-state index in [1.165, 1.54) is 5.56 Å². The predicted molar refractivity (Wildman–Crippen MR) is 123 cm³/mol. The van der Waals surface area contributed by atoms with Crippen LogP contribution in [-0.4, -0.2) is 7.11 Å². The predicted octanol–water partition coefficient (Wildman–Crippen LogP) is 7.37. The van der Waals surface area contributed by atoms with Gasteiger partial charge < -0.3 is 14.8 Å². The maximum Gasteiger partial charge on any atom is 0.175 e. The summed E-state index contributed by atoms with van der Waals surface area (Å²) in [5, 5.41) is 4.04. The number of benzene rings is 3. The van der Waals surface area contributed by atoms with Gasteiger partial charge >= 0.3 is 0 Å². The molecule has 3 aromatic rings. The highest BCUT2D eigenvalue weighted by Crippen LogP contribution is 2.37. The van der Waals surface area contributed by atoms with Crippen LogP contribution in [0.25, 0.3) is 0 Å². The Hall–Kier alpha value is -1.69. The van der Waals surface area contributed by atoms with Gasteiger partial charge in [-0.2, -0.15) is 0 Å². The first kappa shape index (κ1) is 21.0. The molecule has 0 aliphatic rings. The molecule has 0 aliphatic carbocycles. The zero-order chi connectivity index (χ0) is 20.1. The minimum atomic E-state index is 0.476. The van der Waals surface area contributed by atoms with Crippen LogP contribution in [0.2, 0.25) is 5.02 Å². The number of nitrogens with one attached hydrogen (secondary N) is 1. The van der Waals surface area contributed by atoms with E-state index < -0.39 is 0 Å². The van der Waals surface area contributed by atoms with Crippen LogP contribution in [0, 0.1) is 6.92 Å². The largest absolute Gasteiger partial charge is 0.493 e. The molecule has 0 heterocycles. The average molecular weight is 526 g/mol. The summed E-state index contributed by atoms with van der Waals surface area (Å²) in [5.41, 5.74) is 4.34. The summed E-state index contributed by atoms with van der Waals surface area (Å²) in [4.78, 5) is 0. The van der Waals surface area contributed by atoms with E-state index in [2.05, 4.69) is 68.4 Å². The topological polar surface area (TPSA) is 30.5 Å². The van der Waals surface area contributed by atoms with E-state index >= 15 is 0 Å². The third-order valence-corrected chi connectivity index (χ3v) is 6.03. The zero-order valence-corrected chi connectivity index (χ0v) is 19.5. The molecule has 3 aromatic carbocycles. The number of anilines is 1. The molecule has 0 fully saturated rings. The van der Waals surface area contributed by atoms with Crippen molar-refractivity contribution in [2.24, 2.45) is 0 Å². The van der Waals surface area contributed by atoms with Crippen LogP contribution >= 0.6 is 43.5 Å². The lowest BCUT2D eigenvalue weighted by atomic mass is 10.1. The van der Waals surface area contributed by atoms with Crippen LogP contribution in [0.3, 0.4) is 0 Å². The highest BCUT2D eigenvalue weighted by molar-refractivity contribution is 9.10. The van der Waals surface area contributed by atoms with Gasteiger partial charge in [0.25, 0.3) is 0 Å². The Morgan fingerprint density at radius 1 is 0.929 bits per heavy atom. The van der Waals surface area contributed by atoms with Gasteiger partial charge in [0, 0.05) is 16.7 Å². The summed E-state index contributed by atoms with van der Waals surface area (Å²) in [6.07, 6.45) is 0. The smallest absolute Gasteiger partial charge is 0.175 e. The van der Waals surface area contributed by atoms with E-state index in [-0.39, 0.29) is 0 Å². The zero-order valence-electron chi connectivity index (χ0n) is 15.6. The molecule has 0 spiro atoms. The molecule has 0 amide bonds. The van der Waals surface area contributed by atoms with Gasteiger partial charge in [-0.15, -0.1) is 0 Å². The third kappa shape index (κ3) is 5.43. The normalized spacial score (nSPS) is 10.6. The van der Waals surface area contributed by atoms with Crippen molar-refractivity contribution in [1.82, 2.24) is 0 Å². The second-order valence-corrected chi connectivity index (χ2v) is 8.48. The summed E-state index contributed by atoms with van der Waals surface area (Å²) >= 11 is 13.2. The maximum atomic E-state index is 6.15. The quantitative estimate of drug-likeness (QED) is 0.349. The number of ether oxygens (including phenoxy) is 2. The summed E-state index contributed by atoms with van der Waals surface area (Å²) in [7, 11) is 1.65. The van der Waals surface area contributed by atoms with Crippen molar-refractivity contribution in [3.05, 3.63) is 85.3 Å². The molecule has 0 saturated heterocycles. The van der Waals surface area contributed by atoms with E-state index in [0.717, 1.165) is 25.8 Å². The van der Waals surface area contributed by atoms with Gasteiger partial charge in [-0.1, -0.05) is 41.4 Å². The Balaban J connectivity index is 1.71. The molecular weight excluding hydrogens is 506 g/mol. The van der Waals surface area contributed by atoms with Crippen LogP contribution in [0.1, 0.15) is 16.7 Å². The van der Waals surface area contributed by atoms with E-state index in [0.29, 0.717) is 29.7 Å². The van der Waals surface area contributed by atoms with Crippen molar-refractivity contribution >= 4 is 49.1 Å². The van der Waals surface area contributed by atoms with Gasteiger partial charge in [0.15, 0.2) is 11.5 Å². The molecular formula is C22H20Br2ClNO2. The number of hydrogen-bond acceptors (Lipinski definition) is 3. The lowest BCUT2D eigenvalue weighted by molar-refractivity contribution is 0.282. The number of rotatable bonds is 7. The first-order chi connectivity index (χ1) is 13.5.